The highest BCUT2D eigenvalue weighted by molar-refractivity contribution is 8.01. The van der Waals surface area contributed by atoms with Gasteiger partial charge in [-0.25, -0.2) is 4.79 Å². The lowest BCUT2D eigenvalue weighted by Gasteiger charge is -2.49. The van der Waals surface area contributed by atoms with Gasteiger partial charge >= 0.3 is 5.97 Å². The second-order valence-corrected chi connectivity index (χ2v) is 12.2. The average Bonchev–Trinajstić information content (AvgIpc) is 3.18. The van der Waals surface area contributed by atoms with E-state index in [0.717, 1.165) is 9.35 Å². The Morgan fingerprint density at radius 2 is 1.94 bits per heavy atom. The number of nitrogens with zero attached hydrogens (tertiary/aromatic N) is 4. The minimum absolute atomic E-state index is 0.0347. The zero-order chi connectivity index (χ0) is 23.9. The van der Waals surface area contributed by atoms with Crippen LogP contribution in [-0.2, 0) is 19.2 Å². The molecule has 2 fully saturated rings. The molecule has 0 unspecified atom stereocenters. The van der Waals surface area contributed by atoms with Crippen molar-refractivity contribution in [2.24, 2.45) is 0 Å². The fraction of sp³-hybridized carbons (Fsp3) is 0.556. The van der Waals surface area contributed by atoms with Gasteiger partial charge in [0.15, 0.2) is 10.1 Å². The minimum Gasteiger partial charge on any atom is -0.477 e. The number of β-lactam (4-membered cyclic amide) rings is 1. The number of aryl methyl sites for hydroxylation is 1. The number of nitrogens with one attached hydrogen (secondary N) is 1. The number of hydrogen-bond acceptors (Lipinski definition) is 10. The van der Waals surface area contributed by atoms with Crippen LogP contribution < -0.4 is 5.32 Å². The predicted molar refractivity (Wildman–Crippen MR) is 126 cm³/mol. The van der Waals surface area contributed by atoms with Crippen LogP contribution >= 0.6 is 58.1 Å². The molecule has 1 aromatic rings. The molecule has 178 valence electrons. The van der Waals surface area contributed by atoms with Crippen LogP contribution in [0.4, 0.5) is 0 Å². The molecule has 0 bridgehead atoms. The molecule has 1 aromatic heterocycles. The van der Waals surface area contributed by atoms with Gasteiger partial charge in [-0.15, -0.1) is 45.2 Å². The first-order valence-electron chi connectivity index (χ1n) is 9.82. The van der Waals surface area contributed by atoms with E-state index in [0.29, 0.717) is 17.1 Å². The molecule has 0 radical (unpaired) electrons. The molecule has 0 spiro atoms. The van der Waals surface area contributed by atoms with E-state index in [-0.39, 0.29) is 31.1 Å². The zero-order valence-electron chi connectivity index (χ0n) is 17.2. The topological polar surface area (TPSA) is 133 Å². The van der Waals surface area contributed by atoms with E-state index in [1.54, 1.807) is 4.90 Å². The van der Waals surface area contributed by atoms with Crippen LogP contribution in [0.1, 0.15) is 5.01 Å². The van der Waals surface area contributed by atoms with Gasteiger partial charge in [0.1, 0.15) is 32.9 Å². The van der Waals surface area contributed by atoms with Crippen molar-refractivity contribution in [3.63, 3.8) is 0 Å². The fourth-order valence-electron chi connectivity index (χ4n) is 3.74. The van der Waals surface area contributed by atoms with Crippen LogP contribution in [0.2, 0.25) is 0 Å². The number of alkyl halides is 2. The summed E-state index contributed by atoms with van der Waals surface area (Å²) in [5.74, 6) is -1.52. The molecule has 2 N–H and O–H groups in total. The van der Waals surface area contributed by atoms with Crippen LogP contribution in [0.15, 0.2) is 15.6 Å². The summed E-state index contributed by atoms with van der Waals surface area (Å²) in [6, 6.07) is -0.818. The summed E-state index contributed by atoms with van der Waals surface area (Å²) in [4.78, 5) is 51.9. The third-order valence-corrected chi connectivity index (χ3v) is 9.37. The molecule has 4 rings (SSSR count). The van der Waals surface area contributed by atoms with Crippen molar-refractivity contribution in [2.45, 2.75) is 33.4 Å². The number of aromatic nitrogens is 2. The number of piperidine rings is 1. The number of likely N-dealkylation sites (tertiary alicyclic amines) is 1. The Hall–Kier alpha value is -1.38. The Bertz CT molecular complexity index is 1020. The molecule has 3 aliphatic heterocycles. The molecule has 0 aliphatic carbocycles. The molecule has 15 heteroatoms. The minimum atomic E-state index is -1.18. The lowest BCUT2D eigenvalue weighted by atomic mass is 10.0. The smallest absolute Gasteiger partial charge is 0.352 e. The largest absolute Gasteiger partial charge is 0.477 e. The Kier molecular flexibility index (Phi) is 7.56. The van der Waals surface area contributed by atoms with Crippen molar-refractivity contribution >= 4 is 81.6 Å². The third-order valence-electron chi connectivity index (χ3n) is 5.27. The van der Waals surface area contributed by atoms with Crippen molar-refractivity contribution in [3.05, 3.63) is 16.3 Å². The zero-order valence-corrected chi connectivity index (χ0v) is 21.2. The van der Waals surface area contributed by atoms with Crippen molar-refractivity contribution in [2.75, 3.05) is 31.1 Å². The van der Waals surface area contributed by atoms with Gasteiger partial charge in [0.25, 0.3) is 5.91 Å². The van der Waals surface area contributed by atoms with Crippen LogP contribution in [0, 0.1) is 6.92 Å². The Morgan fingerprint density at radius 1 is 1.24 bits per heavy atom. The van der Waals surface area contributed by atoms with E-state index in [9.17, 15) is 24.3 Å². The summed E-state index contributed by atoms with van der Waals surface area (Å²) in [6.07, 6.45) is 0. The maximum absolute atomic E-state index is 12.8. The number of halogens is 2. The molecular formula is C18H19Cl2N5O5S3. The number of carboxylic acids is 1. The Balaban J connectivity index is 1.38. The second-order valence-electron chi connectivity index (χ2n) is 7.62. The quantitative estimate of drug-likeness (QED) is 0.284. The number of carboxylic acid groups (broad SMARTS) is 1. The molecule has 33 heavy (non-hydrogen) atoms. The van der Waals surface area contributed by atoms with E-state index in [1.165, 1.54) is 39.8 Å². The molecule has 4 heterocycles. The van der Waals surface area contributed by atoms with Gasteiger partial charge in [0.2, 0.25) is 5.91 Å². The van der Waals surface area contributed by atoms with Crippen molar-refractivity contribution in [3.8, 4) is 0 Å². The number of hydrogen-bond donors (Lipinski definition) is 2. The summed E-state index contributed by atoms with van der Waals surface area (Å²) < 4.78 is 0.731. The third kappa shape index (κ3) is 5.17. The highest BCUT2D eigenvalue weighted by Gasteiger charge is 2.54. The van der Waals surface area contributed by atoms with Crippen LogP contribution in [0.5, 0.6) is 0 Å². The molecule has 10 nitrogen and oxygen atoms in total. The molecular weight excluding hydrogens is 533 g/mol. The Labute approximate surface area is 211 Å². The second kappa shape index (κ2) is 10.1. The number of Topliss-reactive ketones (excluding diaryl/α,β-unsaturated/α-hetero) is 1. The molecule has 2 saturated heterocycles. The summed E-state index contributed by atoms with van der Waals surface area (Å²) in [5.41, 5.74) is 0.589. The first-order valence-corrected chi connectivity index (χ1v) is 13.5. The molecule has 0 saturated carbocycles. The van der Waals surface area contributed by atoms with Gasteiger partial charge in [0, 0.05) is 24.6 Å². The Morgan fingerprint density at radius 3 is 2.55 bits per heavy atom. The van der Waals surface area contributed by atoms with Crippen molar-refractivity contribution in [1.82, 2.24) is 25.3 Å². The van der Waals surface area contributed by atoms with Crippen molar-refractivity contribution < 1.29 is 24.3 Å². The standard InChI is InChI=1S/C18H19Cl2N5O5S3/c1-7-22-23-18(33-7)32-6-8-5-31-16-12(15(28)25(16)13(8)17(29)30)21-11(26)4-24-2-9(19)14(27)10(20)3-24/h9-10,12,16H,2-6H2,1H3,(H,21,26)(H,29,30)/t9-,10+,12-,16-/m1/s1. The van der Waals surface area contributed by atoms with Crippen molar-refractivity contribution in [1.29, 1.82) is 0 Å². The lowest BCUT2D eigenvalue weighted by Crippen LogP contribution is -2.71. The number of ketones is 1. The molecule has 4 atom stereocenters. The maximum Gasteiger partial charge on any atom is 0.352 e. The maximum atomic E-state index is 12.8. The van der Waals surface area contributed by atoms with Gasteiger partial charge in [-0.2, -0.15) is 0 Å². The van der Waals surface area contributed by atoms with E-state index in [4.69, 9.17) is 23.2 Å². The molecule has 0 aromatic carbocycles. The van der Waals surface area contributed by atoms with Crippen LogP contribution in [-0.4, -0.2) is 102 Å². The normalized spacial score (nSPS) is 27.9. The summed E-state index contributed by atoms with van der Waals surface area (Å²) in [7, 11) is 0. The van der Waals surface area contributed by atoms with E-state index < -0.39 is 40.0 Å². The van der Waals surface area contributed by atoms with Crippen LogP contribution in [0.25, 0.3) is 0 Å². The van der Waals surface area contributed by atoms with Crippen LogP contribution in [0.3, 0.4) is 0 Å². The van der Waals surface area contributed by atoms with Gasteiger partial charge in [-0.1, -0.05) is 23.1 Å². The highest BCUT2D eigenvalue weighted by Crippen LogP contribution is 2.41. The summed E-state index contributed by atoms with van der Waals surface area (Å²) >= 11 is 16.2. The number of rotatable bonds is 7. The van der Waals surface area contributed by atoms with Gasteiger partial charge in [-0.3, -0.25) is 24.2 Å². The first-order chi connectivity index (χ1) is 15.7. The highest BCUT2D eigenvalue weighted by atomic mass is 35.5. The fourth-order valence-corrected chi connectivity index (χ4v) is 7.79. The number of thioether (sulfide) groups is 2. The molecule has 3 aliphatic rings. The SMILES string of the molecule is Cc1nnc(SCC2=C(C(=O)O)N3C(=O)[C@@H](NC(=O)CN4C[C@@H](Cl)C(=O)[C@@H](Cl)C4)[C@H]3SC2)s1. The summed E-state index contributed by atoms with van der Waals surface area (Å²) in [5, 5.41) is 19.2. The number of carbonyl (C=O) groups excluding carboxylic acids is 3. The van der Waals surface area contributed by atoms with E-state index in [1.807, 2.05) is 6.92 Å². The lowest BCUT2D eigenvalue weighted by molar-refractivity contribution is -0.150. The number of aliphatic carboxylic acids is 1. The monoisotopic (exact) mass is 551 g/mol. The number of amides is 2. The van der Waals surface area contributed by atoms with Gasteiger partial charge in [-0.05, 0) is 12.5 Å². The average molecular weight is 552 g/mol. The number of carbonyl (C=O) groups is 4. The van der Waals surface area contributed by atoms with Gasteiger partial charge < -0.3 is 10.4 Å². The predicted octanol–water partition coefficient (Wildman–Crippen LogP) is 0.777. The number of fused-ring (bicyclic) bond motifs is 1. The van der Waals surface area contributed by atoms with Gasteiger partial charge in [0.05, 0.1) is 6.54 Å². The van der Waals surface area contributed by atoms with E-state index in [2.05, 4.69) is 15.5 Å². The first kappa shape index (κ1) is 24.7. The van der Waals surface area contributed by atoms with E-state index >= 15 is 0 Å². The summed E-state index contributed by atoms with van der Waals surface area (Å²) in [6.45, 7) is 2.17. The molecule has 2 amide bonds.